The summed E-state index contributed by atoms with van der Waals surface area (Å²) in [5, 5.41) is 0. The van der Waals surface area contributed by atoms with Crippen molar-refractivity contribution in [3.05, 3.63) is 35.4 Å². The van der Waals surface area contributed by atoms with E-state index in [0.29, 0.717) is 11.5 Å². The first-order valence-corrected chi connectivity index (χ1v) is 4.58. The van der Waals surface area contributed by atoms with Gasteiger partial charge in [0.1, 0.15) is 0 Å². The van der Waals surface area contributed by atoms with Gasteiger partial charge in [-0.1, -0.05) is 12.1 Å². The summed E-state index contributed by atoms with van der Waals surface area (Å²) >= 11 is 0. The van der Waals surface area contributed by atoms with Crippen LogP contribution in [0.25, 0.3) is 0 Å². The Bertz CT molecular complexity index is 408. The highest BCUT2D eigenvalue weighted by Gasteiger charge is 2.26. The van der Waals surface area contributed by atoms with E-state index in [0.717, 1.165) is 5.56 Å². The summed E-state index contributed by atoms with van der Waals surface area (Å²) in [6.45, 7) is 3.89. The third-order valence-corrected chi connectivity index (χ3v) is 1.94. The minimum absolute atomic E-state index is 0.129. The van der Waals surface area contributed by atoms with Crippen LogP contribution in [0.5, 0.6) is 0 Å². The molecule has 72 valence electrons. The molecule has 0 fully saturated rings. The molecule has 2 rings (SSSR count). The molecule has 1 heterocycles. The summed E-state index contributed by atoms with van der Waals surface area (Å²) < 4.78 is 5.05. The summed E-state index contributed by atoms with van der Waals surface area (Å²) in [4.78, 5) is 15.6. The lowest BCUT2D eigenvalue weighted by molar-refractivity contribution is 0.0736. The Balaban J connectivity index is 2.49. The number of hydrogen-bond acceptors (Lipinski definition) is 3. The zero-order chi connectivity index (χ0) is 10.1. The van der Waals surface area contributed by atoms with Crippen molar-refractivity contribution in [3.63, 3.8) is 0 Å². The molecule has 0 amide bonds. The molecule has 0 spiro atoms. The molecule has 0 bridgehead atoms. The third-order valence-electron chi connectivity index (χ3n) is 1.94. The Morgan fingerprint density at radius 3 is 2.50 bits per heavy atom. The van der Waals surface area contributed by atoms with E-state index in [-0.39, 0.29) is 12.0 Å². The summed E-state index contributed by atoms with van der Waals surface area (Å²) in [6.07, 6.45) is 0. The molecule has 0 saturated heterocycles. The van der Waals surface area contributed by atoms with E-state index in [2.05, 4.69) is 4.99 Å². The van der Waals surface area contributed by atoms with Gasteiger partial charge in [-0.25, -0.2) is 9.79 Å². The molecule has 0 N–H and O–H groups in total. The van der Waals surface area contributed by atoms with E-state index in [1.54, 1.807) is 6.07 Å². The van der Waals surface area contributed by atoms with Gasteiger partial charge in [-0.05, 0) is 26.0 Å². The number of ether oxygens (including phenoxy) is 1. The van der Waals surface area contributed by atoms with E-state index < -0.39 is 0 Å². The van der Waals surface area contributed by atoms with Crippen molar-refractivity contribution in [1.82, 2.24) is 0 Å². The maximum atomic E-state index is 11.4. The number of carbonyl (C=O) groups excluding carboxylic acids is 1. The third kappa shape index (κ3) is 1.41. The van der Waals surface area contributed by atoms with Crippen molar-refractivity contribution >= 4 is 11.9 Å². The molecule has 0 aliphatic carbocycles. The summed E-state index contributed by atoms with van der Waals surface area (Å²) in [5.41, 5.74) is 1.40. The molecule has 14 heavy (non-hydrogen) atoms. The normalized spacial score (nSPS) is 17.4. The van der Waals surface area contributed by atoms with Crippen molar-refractivity contribution in [3.8, 4) is 0 Å². The highest BCUT2D eigenvalue weighted by atomic mass is 16.5. The zero-order valence-electron chi connectivity index (χ0n) is 8.15. The van der Waals surface area contributed by atoms with Crippen LogP contribution >= 0.6 is 0 Å². The quantitative estimate of drug-likeness (QED) is 0.634. The first kappa shape index (κ1) is 8.94. The molecule has 1 aliphatic rings. The van der Waals surface area contributed by atoms with Crippen LogP contribution in [0.3, 0.4) is 0 Å². The van der Waals surface area contributed by atoms with Gasteiger partial charge < -0.3 is 4.74 Å². The Morgan fingerprint density at radius 2 is 1.86 bits per heavy atom. The number of cyclic esters (lactones) is 1. The van der Waals surface area contributed by atoms with Crippen molar-refractivity contribution in [2.75, 3.05) is 0 Å². The van der Waals surface area contributed by atoms with Gasteiger partial charge in [0.2, 0.25) is 5.90 Å². The second-order valence-electron chi connectivity index (χ2n) is 3.46. The van der Waals surface area contributed by atoms with Crippen molar-refractivity contribution < 1.29 is 9.53 Å². The maximum Gasteiger partial charge on any atom is 0.345 e. The average molecular weight is 189 g/mol. The lowest BCUT2D eigenvalue weighted by Gasteiger charge is -1.99. The SMILES string of the molecule is CC(C)N=C1OC(=O)c2ccccc21. The van der Waals surface area contributed by atoms with Gasteiger partial charge in [-0.2, -0.15) is 0 Å². The minimum atomic E-state index is -0.306. The molecule has 1 aromatic carbocycles. The molecule has 0 radical (unpaired) electrons. The van der Waals surface area contributed by atoms with Crippen LogP contribution in [-0.2, 0) is 4.74 Å². The summed E-state index contributed by atoms with van der Waals surface area (Å²) in [5.74, 6) is 0.139. The maximum absolute atomic E-state index is 11.4. The van der Waals surface area contributed by atoms with E-state index in [1.807, 2.05) is 32.0 Å². The zero-order valence-corrected chi connectivity index (χ0v) is 8.15. The average Bonchev–Trinajstić information content (AvgIpc) is 2.44. The van der Waals surface area contributed by atoms with Gasteiger partial charge in [0, 0.05) is 6.04 Å². The van der Waals surface area contributed by atoms with Gasteiger partial charge in [-0.15, -0.1) is 0 Å². The lowest BCUT2D eigenvalue weighted by atomic mass is 10.1. The van der Waals surface area contributed by atoms with Crippen molar-refractivity contribution in [2.45, 2.75) is 19.9 Å². The molecular weight excluding hydrogens is 178 g/mol. The number of esters is 1. The fourth-order valence-electron chi connectivity index (χ4n) is 1.38. The molecular formula is C11H11NO2. The standard InChI is InChI=1S/C11H11NO2/c1-7(2)12-10-8-5-3-4-6-9(8)11(13)14-10/h3-7H,1-2H3. The molecule has 0 saturated carbocycles. The number of nitrogens with zero attached hydrogens (tertiary/aromatic N) is 1. The first-order chi connectivity index (χ1) is 6.68. The molecule has 1 aliphatic heterocycles. The van der Waals surface area contributed by atoms with Gasteiger partial charge in [0.05, 0.1) is 11.1 Å². The number of fused-ring (bicyclic) bond motifs is 1. The van der Waals surface area contributed by atoms with Crippen LogP contribution in [0.15, 0.2) is 29.3 Å². The highest BCUT2D eigenvalue weighted by molar-refractivity contribution is 6.16. The van der Waals surface area contributed by atoms with Crippen LogP contribution < -0.4 is 0 Å². The number of hydrogen-bond donors (Lipinski definition) is 0. The summed E-state index contributed by atoms with van der Waals surface area (Å²) in [7, 11) is 0. The van der Waals surface area contributed by atoms with Crippen LogP contribution in [0.2, 0.25) is 0 Å². The second-order valence-corrected chi connectivity index (χ2v) is 3.46. The molecule has 1 aromatic rings. The lowest BCUT2D eigenvalue weighted by Crippen LogP contribution is -2.04. The Hall–Kier alpha value is -1.64. The van der Waals surface area contributed by atoms with E-state index in [4.69, 9.17) is 4.74 Å². The van der Waals surface area contributed by atoms with Gasteiger partial charge >= 0.3 is 5.97 Å². The number of aliphatic imine (C=N–C) groups is 1. The number of rotatable bonds is 1. The fraction of sp³-hybridized carbons (Fsp3) is 0.273. The van der Waals surface area contributed by atoms with Gasteiger partial charge in [-0.3, -0.25) is 0 Å². The van der Waals surface area contributed by atoms with Crippen molar-refractivity contribution in [2.24, 2.45) is 4.99 Å². The fourth-order valence-corrected chi connectivity index (χ4v) is 1.38. The molecule has 0 aromatic heterocycles. The van der Waals surface area contributed by atoms with E-state index in [1.165, 1.54) is 0 Å². The number of benzene rings is 1. The molecule has 3 heteroatoms. The molecule has 0 atom stereocenters. The molecule has 3 nitrogen and oxygen atoms in total. The Labute approximate surface area is 82.4 Å². The largest absolute Gasteiger partial charge is 0.404 e. The minimum Gasteiger partial charge on any atom is -0.404 e. The predicted molar refractivity (Wildman–Crippen MR) is 53.5 cm³/mol. The van der Waals surface area contributed by atoms with Crippen LogP contribution in [0, 0.1) is 0 Å². The predicted octanol–water partition coefficient (Wildman–Crippen LogP) is 2.01. The first-order valence-electron chi connectivity index (χ1n) is 4.58. The summed E-state index contributed by atoms with van der Waals surface area (Å²) in [6, 6.07) is 7.42. The van der Waals surface area contributed by atoms with Gasteiger partial charge in [0.25, 0.3) is 0 Å². The Morgan fingerprint density at radius 1 is 1.21 bits per heavy atom. The monoisotopic (exact) mass is 189 g/mol. The van der Waals surface area contributed by atoms with Crippen LogP contribution in [0.4, 0.5) is 0 Å². The van der Waals surface area contributed by atoms with E-state index >= 15 is 0 Å². The van der Waals surface area contributed by atoms with Crippen LogP contribution in [0.1, 0.15) is 29.8 Å². The van der Waals surface area contributed by atoms with Crippen molar-refractivity contribution in [1.29, 1.82) is 0 Å². The van der Waals surface area contributed by atoms with Crippen LogP contribution in [-0.4, -0.2) is 17.9 Å². The van der Waals surface area contributed by atoms with E-state index in [9.17, 15) is 4.79 Å². The highest BCUT2D eigenvalue weighted by Crippen LogP contribution is 2.20. The Kier molecular flexibility index (Phi) is 2.08. The topological polar surface area (TPSA) is 38.7 Å². The number of carbonyl (C=O) groups is 1. The molecule has 0 unspecified atom stereocenters. The van der Waals surface area contributed by atoms with Gasteiger partial charge in [0.15, 0.2) is 0 Å². The second kappa shape index (κ2) is 3.25. The smallest absolute Gasteiger partial charge is 0.345 e.